The largest absolute Gasteiger partial charge is 0.338 e. The second-order valence-electron chi connectivity index (χ2n) is 7.49. The molecule has 2 amide bonds. The lowest BCUT2D eigenvalue weighted by Gasteiger charge is -2.39. The number of likely N-dealkylation sites (tertiary alicyclic amines) is 2. The third-order valence-electron chi connectivity index (χ3n) is 5.70. The molecule has 5 nitrogen and oxygen atoms in total. The first kappa shape index (κ1) is 20.7. The number of rotatable bonds is 4. The zero-order valence-corrected chi connectivity index (χ0v) is 16.5. The van der Waals surface area contributed by atoms with Crippen LogP contribution in [0, 0.1) is 5.92 Å². The van der Waals surface area contributed by atoms with Crippen LogP contribution in [0.3, 0.4) is 0 Å². The number of piperidine rings is 1. The lowest BCUT2D eigenvalue weighted by Crippen LogP contribution is -2.53. The fourth-order valence-corrected chi connectivity index (χ4v) is 4.19. The molecule has 0 bridgehead atoms. The van der Waals surface area contributed by atoms with Crippen LogP contribution < -0.4 is 5.73 Å². The van der Waals surface area contributed by atoms with Crippen LogP contribution >= 0.6 is 12.4 Å². The molecule has 4 unspecified atom stereocenters. The number of carbonyl (C=O) groups is 2. The minimum absolute atomic E-state index is 0. The highest BCUT2D eigenvalue weighted by Gasteiger charge is 2.41. The zero-order chi connectivity index (χ0) is 18.0. The van der Waals surface area contributed by atoms with Crippen molar-refractivity contribution in [3.8, 4) is 0 Å². The van der Waals surface area contributed by atoms with Crippen molar-refractivity contribution in [3.63, 3.8) is 0 Å². The van der Waals surface area contributed by atoms with Gasteiger partial charge >= 0.3 is 0 Å². The summed E-state index contributed by atoms with van der Waals surface area (Å²) in [4.78, 5) is 29.4. The van der Waals surface area contributed by atoms with Crippen LogP contribution in [0.4, 0.5) is 0 Å². The molecule has 1 aromatic carbocycles. The molecular formula is C20H30ClN3O2. The Kier molecular flexibility index (Phi) is 7.07. The van der Waals surface area contributed by atoms with Crippen molar-refractivity contribution in [3.05, 3.63) is 35.9 Å². The molecule has 2 aliphatic rings. The number of hydrogen-bond acceptors (Lipinski definition) is 3. The Labute approximate surface area is 162 Å². The van der Waals surface area contributed by atoms with Gasteiger partial charge in [0.05, 0.1) is 12.0 Å². The molecule has 2 aliphatic heterocycles. The van der Waals surface area contributed by atoms with E-state index in [0.29, 0.717) is 13.0 Å². The first-order valence-corrected chi connectivity index (χ1v) is 9.39. The van der Waals surface area contributed by atoms with Crippen molar-refractivity contribution in [2.75, 3.05) is 13.1 Å². The summed E-state index contributed by atoms with van der Waals surface area (Å²) in [6.07, 6.45) is 3.43. The average Bonchev–Trinajstić information content (AvgIpc) is 3.03. The average molecular weight is 380 g/mol. The van der Waals surface area contributed by atoms with Crippen LogP contribution in [0.2, 0.25) is 0 Å². The number of nitrogens with zero attached hydrogens (tertiary/aromatic N) is 2. The molecule has 1 aromatic rings. The minimum atomic E-state index is -0.238. The molecule has 0 aromatic heterocycles. The van der Waals surface area contributed by atoms with Crippen molar-refractivity contribution in [1.29, 1.82) is 0 Å². The Morgan fingerprint density at radius 3 is 2.54 bits per heavy atom. The first-order valence-electron chi connectivity index (χ1n) is 9.39. The second kappa shape index (κ2) is 8.87. The van der Waals surface area contributed by atoms with Crippen molar-refractivity contribution < 1.29 is 9.59 Å². The Morgan fingerprint density at radius 1 is 1.19 bits per heavy atom. The maximum absolute atomic E-state index is 13.1. The van der Waals surface area contributed by atoms with E-state index in [-0.39, 0.29) is 48.3 Å². The van der Waals surface area contributed by atoms with Gasteiger partial charge in [-0.1, -0.05) is 30.3 Å². The fourth-order valence-electron chi connectivity index (χ4n) is 4.19. The molecule has 144 valence electrons. The van der Waals surface area contributed by atoms with Crippen LogP contribution in [0.5, 0.6) is 0 Å². The van der Waals surface area contributed by atoms with Gasteiger partial charge < -0.3 is 15.5 Å². The predicted molar refractivity (Wildman–Crippen MR) is 105 cm³/mol. The molecule has 0 spiro atoms. The Bertz CT molecular complexity index is 623. The lowest BCUT2D eigenvalue weighted by molar-refractivity contribution is -0.139. The number of hydrogen-bond donors (Lipinski definition) is 1. The van der Waals surface area contributed by atoms with E-state index in [1.54, 1.807) is 0 Å². The van der Waals surface area contributed by atoms with Gasteiger partial charge in [0.2, 0.25) is 11.8 Å². The maximum atomic E-state index is 13.1. The molecule has 3 rings (SSSR count). The molecular weight excluding hydrogens is 350 g/mol. The Morgan fingerprint density at radius 2 is 1.88 bits per heavy atom. The van der Waals surface area contributed by atoms with Gasteiger partial charge in [0.15, 0.2) is 0 Å². The topological polar surface area (TPSA) is 66.6 Å². The number of amides is 2. The van der Waals surface area contributed by atoms with E-state index in [4.69, 9.17) is 5.73 Å². The molecule has 4 atom stereocenters. The number of benzene rings is 1. The lowest BCUT2D eigenvalue weighted by atomic mass is 9.94. The normalized spacial score (nSPS) is 25.6. The summed E-state index contributed by atoms with van der Waals surface area (Å²) >= 11 is 0. The van der Waals surface area contributed by atoms with Gasteiger partial charge in [-0.2, -0.15) is 0 Å². The second-order valence-corrected chi connectivity index (χ2v) is 7.49. The zero-order valence-electron chi connectivity index (χ0n) is 15.6. The fraction of sp³-hybridized carbons (Fsp3) is 0.600. The maximum Gasteiger partial charge on any atom is 0.228 e. The van der Waals surface area contributed by atoms with E-state index in [1.165, 1.54) is 0 Å². The summed E-state index contributed by atoms with van der Waals surface area (Å²) in [6.45, 7) is 5.28. The van der Waals surface area contributed by atoms with Crippen LogP contribution in [0.1, 0.15) is 51.1 Å². The third-order valence-corrected chi connectivity index (χ3v) is 5.70. The van der Waals surface area contributed by atoms with Gasteiger partial charge in [-0.25, -0.2) is 0 Å². The Balaban J connectivity index is 0.00000243. The summed E-state index contributed by atoms with van der Waals surface area (Å²) < 4.78 is 0. The Hall–Kier alpha value is -1.59. The molecule has 26 heavy (non-hydrogen) atoms. The monoisotopic (exact) mass is 379 g/mol. The van der Waals surface area contributed by atoms with Gasteiger partial charge in [-0.3, -0.25) is 9.59 Å². The van der Waals surface area contributed by atoms with Crippen LogP contribution in [0.25, 0.3) is 0 Å². The summed E-state index contributed by atoms with van der Waals surface area (Å²) in [5.41, 5.74) is 7.21. The standard InChI is InChI=1S/C20H29N3O2.ClH/c1-14(21)18-10-6-7-11-22(18)20(25)17-12-19(24)23(13-17)15(2)16-8-4-3-5-9-16;/h3-5,8-9,14-15,17-18H,6-7,10-13,21H2,1-2H3;1H. The van der Waals surface area contributed by atoms with Crippen LogP contribution in [0.15, 0.2) is 30.3 Å². The quantitative estimate of drug-likeness (QED) is 0.874. The smallest absolute Gasteiger partial charge is 0.228 e. The highest BCUT2D eigenvalue weighted by atomic mass is 35.5. The SMILES string of the molecule is CC(N)C1CCCCN1C(=O)C1CC(=O)N(C(C)c2ccccc2)C1.Cl. The number of nitrogens with two attached hydrogens (primary N) is 1. The van der Waals surface area contributed by atoms with E-state index in [1.807, 2.05) is 54.0 Å². The molecule has 2 heterocycles. The van der Waals surface area contributed by atoms with Gasteiger partial charge in [0.25, 0.3) is 0 Å². The number of halogens is 1. The number of carbonyl (C=O) groups excluding carboxylic acids is 2. The van der Waals surface area contributed by atoms with Gasteiger partial charge in [-0.15, -0.1) is 12.4 Å². The van der Waals surface area contributed by atoms with Crippen molar-refractivity contribution in [1.82, 2.24) is 9.80 Å². The van der Waals surface area contributed by atoms with E-state index in [0.717, 1.165) is 31.4 Å². The van der Waals surface area contributed by atoms with Gasteiger partial charge in [0.1, 0.15) is 0 Å². The minimum Gasteiger partial charge on any atom is -0.338 e. The van der Waals surface area contributed by atoms with Crippen LogP contribution in [-0.2, 0) is 9.59 Å². The highest BCUT2D eigenvalue weighted by molar-refractivity contribution is 5.89. The molecule has 2 saturated heterocycles. The van der Waals surface area contributed by atoms with E-state index in [2.05, 4.69) is 0 Å². The van der Waals surface area contributed by atoms with Crippen molar-refractivity contribution >= 4 is 24.2 Å². The van der Waals surface area contributed by atoms with E-state index in [9.17, 15) is 9.59 Å². The van der Waals surface area contributed by atoms with Crippen molar-refractivity contribution in [2.24, 2.45) is 11.7 Å². The van der Waals surface area contributed by atoms with Crippen molar-refractivity contribution in [2.45, 2.75) is 57.7 Å². The van der Waals surface area contributed by atoms with Crippen LogP contribution in [-0.4, -0.2) is 46.8 Å². The predicted octanol–water partition coefficient (Wildman–Crippen LogP) is 2.75. The summed E-state index contributed by atoms with van der Waals surface area (Å²) in [5, 5.41) is 0. The molecule has 6 heteroatoms. The van der Waals surface area contributed by atoms with Gasteiger partial charge in [-0.05, 0) is 38.7 Å². The summed E-state index contributed by atoms with van der Waals surface area (Å²) in [7, 11) is 0. The van der Waals surface area contributed by atoms with E-state index >= 15 is 0 Å². The molecule has 0 radical (unpaired) electrons. The molecule has 0 aliphatic carbocycles. The third kappa shape index (κ3) is 4.21. The highest BCUT2D eigenvalue weighted by Crippen LogP contribution is 2.31. The van der Waals surface area contributed by atoms with E-state index < -0.39 is 0 Å². The molecule has 2 N–H and O–H groups in total. The summed E-state index contributed by atoms with van der Waals surface area (Å²) in [5.74, 6) is -0.0554. The molecule has 0 saturated carbocycles. The van der Waals surface area contributed by atoms with Gasteiger partial charge in [0, 0.05) is 31.6 Å². The first-order chi connectivity index (χ1) is 12.0. The summed E-state index contributed by atoms with van der Waals surface area (Å²) in [6, 6.07) is 10.1. The molecule has 2 fully saturated rings.